The number of amides is 1. The molecule has 3 heterocycles. The molecule has 2 saturated heterocycles. The van der Waals surface area contributed by atoms with Crippen molar-refractivity contribution in [2.24, 2.45) is 11.8 Å². The van der Waals surface area contributed by atoms with E-state index in [9.17, 15) is 4.79 Å². The van der Waals surface area contributed by atoms with Crippen LogP contribution in [0.5, 0.6) is 0 Å². The highest BCUT2D eigenvalue weighted by Crippen LogP contribution is 2.43. The number of benzene rings is 1. The summed E-state index contributed by atoms with van der Waals surface area (Å²) in [7, 11) is 0. The Balaban J connectivity index is 1.29. The lowest BCUT2D eigenvalue weighted by atomic mass is 9.76. The van der Waals surface area contributed by atoms with Crippen LogP contribution < -0.4 is 0 Å². The molecule has 1 aromatic heterocycles. The highest BCUT2D eigenvalue weighted by atomic mass is 127. The van der Waals surface area contributed by atoms with Crippen molar-refractivity contribution in [1.29, 1.82) is 0 Å². The largest absolute Gasteiger partial charge is 0.343 e. The first kappa shape index (κ1) is 25.0. The molecule has 182 valence electrons. The lowest BCUT2D eigenvalue weighted by molar-refractivity contribution is -0.134. The molecule has 1 aliphatic carbocycles. The van der Waals surface area contributed by atoms with Crippen molar-refractivity contribution < 1.29 is 4.79 Å². The third-order valence-electron chi connectivity index (χ3n) is 8.07. The SMILES string of the molecule is O=C(CC1CCN(CI)CC1)N1CCC(C2c3ccc(Cl)cc3CCc3cc(Br)cnc32)CC1. The van der Waals surface area contributed by atoms with E-state index in [0.29, 0.717) is 17.7 Å². The quantitative estimate of drug-likeness (QED) is 0.215. The summed E-state index contributed by atoms with van der Waals surface area (Å²) in [5.74, 6) is 1.67. The molecule has 4 nitrogen and oxygen atoms in total. The lowest BCUT2D eigenvalue weighted by Crippen LogP contribution is -2.41. The molecule has 0 N–H and O–H groups in total. The second kappa shape index (κ2) is 11.1. The smallest absolute Gasteiger partial charge is 0.222 e. The molecular formula is C27H32BrClIN3O. The number of alkyl halides is 1. The molecule has 1 amide bonds. The van der Waals surface area contributed by atoms with Gasteiger partial charge in [0.1, 0.15) is 0 Å². The minimum Gasteiger partial charge on any atom is -0.343 e. The number of hydrogen-bond donors (Lipinski definition) is 0. The Morgan fingerprint density at radius 1 is 1.06 bits per heavy atom. The number of aryl methyl sites for hydroxylation is 2. The highest BCUT2D eigenvalue weighted by Gasteiger charge is 2.35. The summed E-state index contributed by atoms with van der Waals surface area (Å²) < 4.78 is 2.14. The summed E-state index contributed by atoms with van der Waals surface area (Å²) in [4.78, 5) is 22.7. The topological polar surface area (TPSA) is 36.4 Å². The van der Waals surface area contributed by atoms with Crippen LogP contribution in [-0.4, -0.2) is 51.4 Å². The van der Waals surface area contributed by atoms with Crippen molar-refractivity contribution in [2.45, 2.75) is 50.9 Å². The number of likely N-dealkylation sites (tertiary alicyclic amines) is 2. The van der Waals surface area contributed by atoms with E-state index in [-0.39, 0.29) is 5.92 Å². The Labute approximate surface area is 230 Å². The lowest BCUT2D eigenvalue weighted by Gasteiger charge is -2.38. The van der Waals surface area contributed by atoms with Gasteiger partial charge in [-0.15, -0.1) is 0 Å². The number of carbonyl (C=O) groups is 1. The number of nitrogens with zero attached hydrogens (tertiary/aromatic N) is 3. The van der Waals surface area contributed by atoms with Gasteiger partial charge in [0, 0.05) is 41.1 Å². The van der Waals surface area contributed by atoms with Gasteiger partial charge in [-0.2, -0.15) is 0 Å². The summed E-state index contributed by atoms with van der Waals surface area (Å²) in [6.45, 7) is 4.00. The molecule has 1 atom stereocenters. The van der Waals surface area contributed by atoms with Crippen LogP contribution in [0.3, 0.4) is 0 Å². The zero-order valence-electron chi connectivity index (χ0n) is 19.5. The highest BCUT2D eigenvalue weighted by molar-refractivity contribution is 14.1. The number of aromatic nitrogens is 1. The molecular weight excluding hydrogens is 625 g/mol. The summed E-state index contributed by atoms with van der Waals surface area (Å²) in [5, 5.41) is 0.808. The van der Waals surface area contributed by atoms with Gasteiger partial charge in [0.2, 0.25) is 5.91 Å². The van der Waals surface area contributed by atoms with Gasteiger partial charge in [0.15, 0.2) is 0 Å². The third-order valence-corrected chi connectivity index (χ3v) is 9.70. The van der Waals surface area contributed by atoms with Gasteiger partial charge in [-0.1, -0.05) is 40.3 Å². The van der Waals surface area contributed by atoms with Gasteiger partial charge in [0.25, 0.3) is 0 Å². The van der Waals surface area contributed by atoms with E-state index in [1.165, 1.54) is 22.4 Å². The maximum atomic E-state index is 13.1. The molecule has 0 spiro atoms. The minimum absolute atomic E-state index is 0.271. The zero-order chi connectivity index (χ0) is 23.7. The van der Waals surface area contributed by atoms with Crippen LogP contribution in [0.25, 0.3) is 0 Å². The molecule has 2 aliphatic heterocycles. The first-order chi connectivity index (χ1) is 16.5. The fourth-order valence-corrected chi connectivity index (χ4v) is 7.38. The number of fused-ring (bicyclic) bond motifs is 2. The van der Waals surface area contributed by atoms with E-state index >= 15 is 0 Å². The molecule has 2 fully saturated rings. The summed E-state index contributed by atoms with van der Waals surface area (Å²) in [5.41, 5.74) is 5.28. The third kappa shape index (κ3) is 5.50. The summed E-state index contributed by atoms with van der Waals surface area (Å²) in [6, 6.07) is 8.64. The van der Waals surface area contributed by atoms with Crippen LogP contribution in [0.4, 0.5) is 0 Å². The van der Waals surface area contributed by atoms with Gasteiger partial charge in [0.05, 0.1) is 10.2 Å². The second-order valence-electron chi connectivity index (χ2n) is 10.1. The number of hydrogen-bond acceptors (Lipinski definition) is 3. The fraction of sp³-hybridized carbons (Fsp3) is 0.556. The van der Waals surface area contributed by atoms with Gasteiger partial charge in [-0.3, -0.25) is 14.7 Å². The number of pyridine rings is 1. The number of halogens is 3. The standard InChI is InChI=1S/C27H32BrClIN3O/c28-22-14-21-2-1-20-15-23(29)3-4-24(20)26(27(21)31-16-22)19-7-11-33(12-8-19)25(34)13-18-5-9-32(17-30)10-6-18/h3-4,14-16,18-19,26H,1-2,5-13,17H2. The van der Waals surface area contributed by atoms with Crippen LogP contribution in [-0.2, 0) is 17.6 Å². The van der Waals surface area contributed by atoms with E-state index < -0.39 is 0 Å². The molecule has 5 rings (SSSR count). The Kier molecular flexibility index (Phi) is 8.18. The van der Waals surface area contributed by atoms with Crippen LogP contribution in [0.2, 0.25) is 5.02 Å². The van der Waals surface area contributed by atoms with Crippen molar-refractivity contribution >= 4 is 56.0 Å². The van der Waals surface area contributed by atoms with Crippen molar-refractivity contribution in [3.63, 3.8) is 0 Å². The first-order valence-electron chi connectivity index (χ1n) is 12.5. The molecule has 0 bridgehead atoms. The summed E-state index contributed by atoms with van der Waals surface area (Å²) >= 11 is 12.4. The van der Waals surface area contributed by atoms with Crippen LogP contribution in [0, 0.1) is 11.8 Å². The maximum absolute atomic E-state index is 13.1. The second-order valence-corrected chi connectivity index (χ2v) is 12.2. The Morgan fingerprint density at radius 3 is 2.53 bits per heavy atom. The number of piperidine rings is 2. The molecule has 0 saturated carbocycles. The van der Waals surface area contributed by atoms with Gasteiger partial charge in [-0.25, -0.2) is 0 Å². The van der Waals surface area contributed by atoms with Crippen LogP contribution >= 0.6 is 50.1 Å². The maximum Gasteiger partial charge on any atom is 0.222 e. The van der Waals surface area contributed by atoms with Crippen molar-refractivity contribution in [3.05, 3.63) is 62.3 Å². The van der Waals surface area contributed by atoms with E-state index in [4.69, 9.17) is 16.6 Å². The average molecular weight is 657 g/mol. The molecule has 3 aliphatic rings. The zero-order valence-corrected chi connectivity index (χ0v) is 24.0. The van der Waals surface area contributed by atoms with E-state index in [1.807, 2.05) is 12.3 Å². The van der Waals surface area contributed by atoms with Crippen molar-refractivity contribution in [3.8, 4) is 0 Å². The molecule has 1 unspecified atom stereocenters. The predicted molar refractivity (Wildman–Crippen MR) is 150 cm³/mol. The Bertz CT molecular complexity index is 981. The monoisotopic (exact) mass is 655 g/mol. The van der Waals surface area contributed by atoms with Gasteiger partial charge >= 0.3 is 0 Å². The molecule has 2 aromatic rings. The summed E-state index contributed by atoms with van der Waals surface area (Å²) in [6.07, 6.45) is 9.02. The van der Waals surface area contributed by atoms with Gasteiger partial charge in [-0.05, 0) is 114 Å². The van der Waals surface area contributed by atoms with E-state index in [2.05, 4.69) is 66.5 Å². The Hall–Kier alpha value is -0.700. The fourth-order valence-electron chi connectivity index (χ4n) is 6.13. The van der Waals surface area contributed by atoms with E-state index in [1.54, 1.807) is 0 Å². The predicted octanol–water partition coefficient (Wildman–Crippen LogP) is 6.46. The van der Waals surface area contributed by atoms with Gasteiger partial charge < -0.3 is 4.90 Å². The van der Waals surface area contributed by atoms with Crippen molar-refractivity contribution in [2.75, 3.05) is 30.7 Å². The van der Waals surface area contributed by atoms with Crippen LogP contribution in [0.1, 0.15) is 60.4 Å². The van der Waals surface area contributed by atoms with Crippen molar-refractivity contribution in [1.82, 2.24) is 14.8 Å². The minimum atomic E-state index is 0.271. The molecule has 1 aromatic carbocycles. The van der Waals surface area contributed by atoms with Crippen LogP contribution in [0.15, 0.2) is 34.9 Å². The number of carbonyl (C=O) groups excluding carboxylic acids is 1. The first-order valence-corrected chi connectivity index (χ1v) is 15.2. The molecule has 34 heavy (non-hydrogen) atoms. The van der Waals surface area contributed by atoms with E-state index in [0.717, 1.165) is 85.2 Å². The number of rotatable bonds is 4. The molecule has 0 radical (unpaired) electrons. The average Bonchev–Trinajstić information content (AvgIpc) is 3.01. The Morgan fingerprint density at radius 2 is 1.79 bits per heavy atom. The molecule has 7 heteroatoms. The normalized spacial score (nSPS) is 22.2.